The molecule has 0 radical (unpaired) electrons. The number of alkyl halides is 2. The van der Waals surface area contributed by atoms with Crippen molar-refractivity contribution >= 4 is 68.7 Å². The first kappa shape index (κ1) is 44.3. The van der Waals surface area contributed by atoms with Crippen LogP contribution < -0.4 is 20.4 Å². The second-order valence-electron chi connectivity index (χ2n) is 18.1. The van der Waals surface area contributed by atoms with Gasteiger partial charge in [0.15, 0.2) is 17.0 Å². The summed E-state index contributed by atoms with van der Waals surface area (Å²) >= 11 is 1.25. The summed E-state index contributed by atoms with van der Waals surface area (Å²) in [7, 11) is 1.67. The molecule has 11 rings (SSSR count). The van der Waals surface area contributed by atoms with Gasteiger partial charge in [-0.2, -0.15) is 5.10 Å². The number of benzene rings is 2. The number of likely N-dealkylation sites (tertiary alicyclic amines) is 1. The molecule has 0 saturated carbocycles. The normalized spacial score (nSPS) is 19.8. The highest BCUT2D eigenvalue weighted by Gasteiger charge is 2.47. The molecule has 5 aliphatic heterocycles. The van der Waals surface area contributed by atoms with Crippen molar-refractivity contribution < 1.29 is 37.1 Å². The van der Waals surface area contributed by atoms with Gasteiger partial charge in [0.05, 0.1) is 43.1 Å². The van der Waals surface area contributed by atoms with E-state index in [1.807, 2.05) is 21.6 Å². The fourth-order valence-electron chi connectivity index (χ4n) is 10.3. The number of piperidine rings is 1. The van der Waals surface area contributed by atoms with Crippen LogP contribution in [-0.4, -0.2) is 132 Å². The van der Waals surface area contributed by atoms with Crippen molar-refractivity contribution in [3.05, 3.63) is 100 Å². The van der Waals surface area contributed by atoms with E-state index in [-0.39, 0.29) is 62.0 Å². The van der Waals surface area contributed by atoms with Crippen molar-refractivity contribution in [2.75, 3.05) is 67.5 Å². The van der Waals surface area contributed by atoms with Gasteiger partial charge in [0, 0.05) is 105 Å². The van der Waals surface area contributed by atoms with Gasteiger partial charge >= 0.3 is 6.03 Å². The molecule has 2 N–H and O–H groups in total. The van der Waals surface area contributed by atoms with Gasteiger partial charge in [0.1, 0.15) is 11.6 Å². The van der Waals surface area contributed by atoms with Crippen molar-refractivity contribution in [2.45, 2.75) is 56.7 Å². The zero-order valence-corrected chi connectivity index (χ0v) is 38.2. The van der Waals surface area contributed by atoms with Crippen LogP contribution in [0.25, 0.3) is 22.0 Å². The van der Waals surface area contributed by atoms with Crippen LogP contribution in [0.4, 0.5) is 34.7 Å². The van der Waals surface area contributed by atoms with E-state index in [0.717, 1.165) is 18.7 Å². The summed E-state index contributed by atoms with van der Waals surface area (Å²) in [6.07, 6.45) is 6.66. The van der Waals surface area contributed by atoms with E-state index in [2.05, 4.69) is 35.6 Å². The number of hydrogen-bond acceptors (Lipinski definition) is 12. The average Bonchev–Trinajstić information content (AvgIpc) is 4.19. The molecular weight excluding hydrogens is 916 g/mol. The molecule has 4 aromatic heterocycles. The van der Waals surface area contributed by atoms with Gasteiger partial charge in [-0.25, -0.2) is 32.9 Å². The first-order valence-electron chi connectivity index (χ1n) is 22.8. The first-order chi connectivity index (χ1) is 33.3. The van der Waals surface area contributed by atoms with Crippen LogP contribution in [0.2, 0.25) is 0 Å². The molecular formula is C47H46F3N13O5S. The average molecular weight is 962 g/mol. The molecule has 22 heteroatoms. The molecule has 356 valence electrons. The number of halogens is 3. The standard InChI is InChI=1S/C47H46F3N13O5S/c1-57-36-21-27(4-6-30(36)42(56-57)62-13-9-38(64)54-46(62)68)33-8-12-60(25-47(33,49)50)39(65)24-58-14-16-59(17-15-58)37-7-5-28(22-52-37)29-19-31-32(34(48)20-29)23-63(44(31)67)41(43(66)55-45-51-10-18-69-45)40-35-3-2-11-61(35)26-53-40/h4-7,10,18-22,26,33,41H,2-3,8-9,11-17,23-25H2,1H3,(H,51,55,66)(H,54,64,68). The Kier molecular flexibility index (Phi) is 11.2. The summed E-state index contributed by atoms with van der Waals surface area (Å²) in [5.41, 5.74) is 3.76. The Morgan fingerprint density at radius 3 is 2.55 bits per heavy atom. The molecule has 6 aromatic rings. The second kappa shape index (κ2) is 17.4. The molecule has 2 aromatic carbocycles. The minimum Gasteiger partial charge on any atom is -0.354 e. The summed E-state index contributed by atoms with van der Waals surface area (Å²) in [5, 5.41) is 12.3. The predicted molar refractivity (Wildman–Crippen MR) is 247 cm³/mol. The van der Waals surface area contributed by atoms with Crippen LogP contribution in [-0.2, 0) is 40.9 Å². The minimum atomic E-state index is -3.20. The van der Waals surface area contributed by atoms with E-state index in [1.165, 1.54) is 36.8 Å². The number of hydrogen-bond donors (Lipinski definition) is 2. The van der Waals surface area contributed by atoms with Crippen LogP contribution >= 0.6 is 11.3 Å². The predicted octanol–water partition coefficient (Wildman–Crippen LogP) is 4.93. The molecule has 18 nitrogen and oxygen atoms in total. The number of imide groups is 1. The Labute approximate surface area is 396 Å². The highest BCUT2D eigenvalue weighted by molar-refractivity contribution is 7.13. The number of amides is 6. The minimum absolute atomic E-state index is 0.00209. The maximum absolute atomic E-state index is 16.0. The summed E-state index contributed by atoms with van der Waals surface area (Å²) < 4.78 is 51.3. The Morgan fingerprint density at radius 2 is 1.80 bits per heavy atom. The number of nitrogens with zero attached hydrogens (tertiary/aromatic N) is 11. The maximum Gasteiger partial charge on any atom is 0.329 e. The lowest BCUT2D eigenvalue weighted by Gasteiger charge is -2.40. The van der Waals surface area contributed by atoms with Crippen molar-refractivity contribution in [1.29, 1.82) is 0 Å². The van der Waals surface area contributed by atoms with Gasteiger partial charge < -0.3 is 19.3 Å². The second-order valence-corrected chi connectivity index (χ2v) is 19.0. The van der Waals surface area contributed by atoms with Gasteiger partial charge in [0.25, 0.3) is 17.7 Å². The van der Waals surface area contributed by atoms with E-state index >= 15 is 13.2 Å². The van der Waals surface area contributed by atoms with E-state index in [1.54, 1.807) is 55.4 Å². The SMILES string of the molecule is Cn1nc(N2CCC(=O)NC2=O)c2ccc(C3CCN(C(=O)CN4CCN(c5ccc(-c6cc(F)c7c(c6)C(=O)N(C(C(=O)Nc6nccs6)c6ncn8c6CCC8)C7)cn5)CC4)CC3(F)F)cc21. The van der Waals surface area contributed by atoms with Gasteiger partial charge in [-0.15, -0.1) is 11.3 Å². The maximum atomic E-state index is 16.0. The van der Waals surface area contributed by atoms with Crippen LogP contribution in [0, 0.1) is 5.82 Å². The number of aromatic nitrogens is 6. The quantitative estimate of drug-likeness (QED) is 0.190. The van der Waals surface area contributed by atoms with Gasteiger partial charge in [-0.3, -0.25) is 44.3 Å². The molecule has 6 amide bonds. The number of anilines is 3. The zero-order chi connectivity index (χ0) is 47.7. The number of urea groups is 1. The third kappa shape index (κ3) is 8.13. The lowest BCUT2D eigenvalue weighted by molar-refractivity contribution is -0.145. The highest BCUT2D eigenvalue weighted by atomic mass is 32.1. The lowest BCUT2D eigenvalue weighted by atomic mass is 9.85. The van der Waals surface area contributed by atoms with E-state index in [4.69, 9.17) is 0 Å². The summed E-state index contributed by atoms with van der Waals surface area (Å²) in [6, 6.07) is 9.94. The third-order valence-corrected chi connectivity index (χ3v) is 14.6. The van der Waals surface area contributed by atoms with Gasteiger partial charge in [-0.1, -0.05) is 6.07 Å². The van der Waals surface area contributed by atoms with Crippen LogP contribution in [0.5, 0.6) is 0 Å². The number of aryl methyl sites for hydroxylation is 2. The van der Waals surface area contributed by atoms with Crippen molar-refractivity contribution in [1.82, 2.24) is 49.3 Å². The molecule has 3 saturated heterocycles. The smallest absolute Gasteiger partial charge is 0.329 e. The Morgan fingerprint density at radius 1 is 0.957 bits per heavy atom. The van der Waals surface area contributed by atoms with E-state index < -0.39 is 48.1 Å². The fourth-order valence-corrected chi connectivity index (χ4v) is 10.9. The van der Waals surface area contributed by atoms with Crippen molar-refractivity contribution in [3.63, 3.8) is 0 Å². The number of rotatable bonds is 10. The highest BCUT2D eigenvalue weighted by Crippen LogP contribution is 2.43. The monoisotopic (exact) mass is 961 g/mol. The lowest BCUT2D eigenvalue weighted by Crippen LogP contribution is -2.54. The number of piperazine rings is 1. The number of carbonyl (C=O) groups excluding carboxylic acids is 5. The number of pyridine rings is 1. The largest absolute Gasteiger partial charge is 0.354 e. The van der Waals surface area contributed by atoms with Crippen LogP contribution in [0.1, 0.15) is 64.1 Å². The topological polar surface area (TPSA) is 187 Å². The fraction of sp³-hybridized carbons (Fsp3) is 0.383. The first-order valence-corrected chi connectivity index (χ1v) is 23.7. The summed E-state index contributed by atoms with van der Waals surface area (Å²) in [6.45, 7) is 2.36. The number of imidazole rings is 1. The Hall–Kier alpha value is -7.20. The molecule has 5 aliphatic rings. The van der Waals surface area contributed by atoms with Crippen LogP contribution in [0.15, 0.2) is 66.6 Å². The van der Waals surface area contributed by atoms with E-state index in [9.17, 15) is 24.0 Å². The molecule has 0 spiro atoms. The Balaban J connectivity index is 0.705. The summed E-state index contributed by atoms with van der Waals surface area (Å²) in [4.78, 5) is 87.1. The molecule has 2 unspecified atom stereocenters. The van der Waals surface area contributed by atoms with E-state index in [0.29, 0.717) is 82.7 Å². The number of carbonyl (C=O) groups is 5. The zero-order valence-electron chi connectivity index (χ0n) is 37.4. The number of thiazole rings is 1. The van der Waals surface area contributed by atoms with Gasteiger partial charge in [0.2, 0.25) is 11.8 Å². The molecule has 0 bridgehead atoms. The van der Waals surface area contributed by atoms with Crippen molar-refractivity contribution in [3.8, 4) is 11.1 Å². The summed E-state index contributed by atoms with van der Waals surface area (Å²) in [5.74, 6) is -5.56. The number of nitrogens with one attached hydrogen (secondary N) is 2. The molecule has 3 fully saturated rings. The molecule has 2 atom stereocenters. The Bertz CT molecular complexity index is 3040. The number of fused-ring (bicyclic) bond motifs is 3. The molecule has 69 heavy (non-hydrogen) atoms. The van der Waals surface area contributed by atoms with Crippen molar-refractivity contribution in [2.24, 2.45) is 7.05 Å². The van der Waals surface area contributed by atoms with Gasteiger partial charge in [-0.05, 0) is 66.8 Å². The molecule has 0 aliphatic carbocycles. The molecule has 9 heterocycles. The third-order valence-electron chi connectivity index (χ3n) is 13.9. The van der Waals surface area contributed by atoms with Crippen LogP contribution in [0.3, 0.4) is 0 Å².